The molecule has 0 radical (unpaired) electrons. The van der Waals surface area contributed by atoms with E-state index < -0.39 is 96.3 Å². The van der Waals surface area contributed by atoms with Crippen LogP contribution in [0.25, 0.3) is 0 Å². The lowest BCUT2D eigenvalue weighted by molar-refractivity contribution is -0.157. The number of aliphatic carboxylic acids is 1. The number of aliphatic hydroxyl groups is 1. The number of hydrogen-bond donors (Lipinski definition) is 12. The quantitative estimate of drug-likeness (QED) is 0.0199. The molecule has 0 bridgehead atoms. The van der Waals surface area contributed by atoms with E-state index in [1.54, 1.807) is 0 Å². The van der Waals surface area contributed by atoms with Gasteiger partial charge in [0.15, 0.2) is 0 Å². The maximum Gasteiger partial charge on any atom is 0.326 e. The molecule has 23 nitrogen and oxygen atoms in total. The summed E-state index contributed by atoms with van der Waals surface area (Å²) in [6, 6.07) is -7.86. The molecule has 7 atom stereocenters. The summed E-state index contributed by atoms with van der Waals surface area (Å²) in [4.78, 5) is 124. The van der Waals surface area contributed by atoms with E-state index in [0.717, 1.165) is 64.2 Å². The molecule has 614 valence electrons. The van der Waals surface area contributed by atoms with E-state index in [1.807, 2.05) is 0 Å². The van der Waals surface area contributed by atoms with Gasteiger partial charge in [-0.05, 0) is 122 Å². The van der Waals surface area contributed by atoms with Gasteiger partial charge < -0.3 is 74.5 Å². The van der Waals surface area contributed by atoms with Crippen molar-refractivity contribution in [3.63, 3.8) is 0 Å². The lowest BCUT2D eigenvalue weighted by atomic mass is 10.0. The molecule has 0 unspecified atom stereocenters. The van der Waals surface area contributed by atoms with Crippen LogP contribution in [0.3, 0.4) is 0 Å². The first-order valence-electron chi connectivity index (χ1n) is 42.4. The van der Waals surface area contributed by atoms with Crippen molar-refractivity contribution in [3.8, 4) is 0 Å². The van der Waals surface area contributed by atoms with Crippen molar-refractivity contribution < 1.29 is 62.8 Å². The summed E-state index contributed by atoms with van der Waals surface area (Å²) in [6.07, 6.45) is 48.7. The van der Waals surface area contributed by atoms with Crippen LogP contribution in [0.1, 0.15) is 367 Å². The monoisotopic (exact) mass is 1510 g/mol. The minimum Gasteiger partial charge on any atom is -0.480 e. The van der Waals surface area contributed by atoms with Crippen LogP contribution < -0.4 is 54.8 Å². The summed E-state index contributed by atoms with van der Waals surface area (Å²) in [5.74, 6) is -6.35. The number of ether oxygens (including phenoxy) is 2. The first-order chi connectivity index (χ1) is 51.0. The third-order valence-electron chi connectivity index (χ3n) is 19.6. The number of aliphatic hydroxyl groups excluding tert-OH is 1. The fourth-order valence-electron chi connectivity index (χ4n) is 12.9. The summed E-state index contributed by atoms with van der Waals surface area (Å²) in [7, 11) is 0. The third-order valence-corrected chi connectivity index (χ3v) is 20.7. The number of nitrogens with one attached hydrogen (secondary N) is 6. The first kappa shape index (κ1) is 100. The highest BCUT2D eigenvalue weighted by molar-refractivity contribution is 7.99. The molecule has 6 amide bonds. The van der Waals surface area contributed by atoms with E-state index in [4.69, 9.17) is 32.4 Å². The number of thioether (sulfide) groups is 1. The molecule has 0 aliphatic carbocycles. The number of rotatable bonds is 78. The van der Waals surface area contributed by atoms with Crippen molar-refractivity contribution in [3.05, 3.63) is 0 Å². The molecule has 24 heteroatoms. The number of carboxylic acid groups (broad SMARTS) is 1. The zero-order valence-electron chi connectivity index (χ0n) is 66.5. The average Bonchev–Trinajstić information content (AvgIpc) is 0.864. The Morgan fingerprint density at radius 3 is 0.914 bits per heavy atom. The van der Waals surface area contributed by atoms with Gasteiger partial charge in [-0.25, -0.2) is 4.79 Å². The summed E-state index contributed by atoms with van der Waals surface area (Å²) in [6.45, 7) is 6.81. The van der Waals surface area contributed by atoms with Crippen LogP contribution in [0.4, 0.5) is 0 Å². The van der Waals surface area contributed by atoms with Crippen LogP contribution in [0.5, 0.6) is 0 Å². The number of nitrogens with two attached hydrogens (primary N) is 4. The highest BCUT2D eigenvalue weighted by Gasteiger charge is 2.34. The molecule has 0 aromatic heterocycles. The summed E-state index contributed by atoms with van der Waals surface area (Å²) in [5, 5.41) is 36.9. The molecule has 105 heavy (non-hydrogen) atoms. The smallest absolute Gasteiger partial charge is 0.326 e. The Labute approximate surface area is 640 Å². The van der Waals surface area contributed by atoms with Crippen molar-refractivity contribution in [2.45, 2.75) is 410 Å². The van der Waals surface area contributed by atoms with Gasteiger partial charge in [0.25, 0.3) is 0 Å². The Hall–Kier alpha value is -4.62. The van der Waals surface area contributed by atoms with Gasteiger partial charge in [-0.2, -0.15) is 11.8 Å². The molecule has 0 saturated heterocycles. The average molecular weight is 1510 g/mol. The van der Waals surface area contributed by atoms with Gasteiger partial charge in [-0.3, -0.25) is 38.4 Å². The second-order valence-electron chi connectivity index (χ2n) is 29.4. The standard InChI is InChI=1S/C81H156N10O13S/c1-4-7-10-13-16-19-22-25-28-31-34-37-40-55-73(93)86-72(65-105-64-66(104-75(95)57-42-39-36-33-30-27-24-21-18-15-12-9-6-3)63-103-74(94)56-41-38-35-32-29-26-23-20-17-14-11-8-5-2)80(100)91-71(62-92)79(99)89-68(52-44-48-59-83)77(97)87-67(51-43-47-58-82)76(96)88-69(53-45-49-60-84)78(98)90-70(81(101)102)54-46-50-61-85/h66-72,92H,4-65,82-85H2,1-3H3,(H,86,93)(H,87,97)(H,88,96)(H,89,99)(H,90,98)(H,91,100)(H,101,102)/t66-,67-,68-,69-,70-,71-,72-/m0/s1. The van der Waals surface area contributed by atoms with Gasteiger partial charge in [0, 0.05) is 30.8 Å². The molecule has 0 aromatic rings. The SMILES string of the molecule is CCCCCCCCCCCCCCCC(=O)N[C@@H](CSC[C@H](COC(=O)CCCCCCCCCCCCCCC)OC(=O)CCCCCCCCCCCCCCC)C(=O)N[C@@H](CO)C(=O)N[C@@H](CCCCN)C(=O)N[C@@H](CCCCN)C(=O)N[C@@H](CCCCN)C(=O)N[C@@H](CCCCN)C(=O)O. The normalized spacial score (nSPS) is 13.4. The topological polar surface area (TPSA) is 389 Å². The van der Waals surface area contributed by atoms with Gasteiger partial charge >= 0.3 is 17.9 Å². The van der Waals surface area contributed by atoms with Gasteiger partial charge in [0.2, 0.25) is 35.4 Å². The molecular weight excluding hydrogens is 1350 g/mol. The number of unbranched alkanes of at least 4 members (excludes halogenated alkanes) is 40. The minimum atomic E-state index is -1.62. The molecule has 16 N–H and O–H groups in total. The van der Waals surface area contributed by atoms with E-state index in [-0.39, 0.29) is 82.1 Å². The Kier molecular flexibility index (Phi) is 70.3. The van der Waals surface area contributed by atoms with Crippen LogP contribution in [0, 0.1) is 0 Å². The van der Waals surface area contributed by atoms with Crippen LogP contribution in [-0.2, 0) is 52.6 Å². The molecule has 0 aliphatic rings. The van der Waals surface area contributed by atoms with Crippen molar-refractivity contribution in [1.82, 2.24) is 31.9 Å². The molecule has 0 rings (SSSR count). The van der Waals surface area contributed by atoms with Crippen molar-refractivity contribution in [2.75, 3.05) is 50.9 Å². The maximum absolute atomic E-state index is 14.5. The number of hydrogen-bond acceptors (Lipinski definition) is 17. The van der Waals surface area contributed by atoms with Crippen molar-refractivity contribution >= 4 is 65.1 Å². The Bertz CT molecular complexity index is 2170. The largest absolute Gasteiger partial charge is 0.480 e. The lowest BCUT2D eigenvalue weighted by Gasteiger charge is -2.27. The third kappa shape index (κ3) is 59.9. The molecule has 0 aliphatic heterocycles. The van der Waals surface area contributed by atoms with Crippen molar-refractivity contribution in [1.29, 1.82) is 0 Å². The van der Waals surface area contributed by atoms with E-state index >= 15 is 0 Å². The number of carbonyl (C=O) groups is 9. The fourth-order valence-corrected chi connectivity index (χ4v) is 13.9. The number of carboxylic acids is 1. The van der Waals surface area contributed by atoms with E-state index in [1.165, 1.54) is 179 Å². The van der Waals surface area contributed by atoms with Crippen LogP contribution in [0.2, 0.25) is 0 Å². The second kappa shape index (κ2) is 73.5. The van der Waals surface area contributed by atoms with E-state index in [2.05, 4.69) is 52.7 Å². The highest BCUT2D eigenvalue weighted by atomic mass is 32.2. The number of amides is 6. The molecule has 0 aromatic carbocycles. The second-order valence-corrected chi connectivity index (χ2v) is 30.5. The molecule has 0 saturated carbocycles. The predicted molar refractivity (Wildman–Crippen MR) is 427 cm³/mol. The molecule has 0 fully saturated rings. The molecule has 0 heterocycles. The summed E-state index contributed by atoms with van der Waals surface area (Å²) >= 11 is 1.20. The van der Waals surface area contributed by atoms with Gasteiger partial charge in [-0.15, -0.1) is 0 Å². The van der Waals surface area contributed by atoms with E-state index in [0.29, 0.717) is 83.7 Å². The van der Waals surface area contributed by atoms with Gasteiger partial charge in [-0.1, -0.05) is 252 Å². The maximum atomic E-state index is 14.5. The molecule has 0 spiro atoms. The predicted octanol–water partition coefficient (Wildman–Crippen LogP) is 13.1. The van der Waals surface area contributed by atoms with Crippen LogP contribution in [-0.4, -0.2) is 157 Å². The van der Waals surface area contributed by atoms with Crippen LogP contribution in [0.15, 0.2) is 0 Å². The fraction of sp³-hybridized carbons (Fsp3) is 0.889. The van der Waals surface area contributed by atoms with E-state index in [9.17, 15) is 53.4 Å². The minimum absolute atomic E-state index is 0.0390. The lowest BCUT2D eigenvalue weighted by Crippen LogP contribution is -2.60. The Balaban J connectivity index is 6.62. The van der Waals surface area contributed by atoms with Gasteiger partial charge in [0.05, 0.1) is 6.61 Å². The Morgan fingerprint density at radius 2 is 0.590 bits per heavy atom. The summed E-state index contributed by atoms with van der Waals surface area (Å²) in [5.41, 5.74) is 23.1. The van der Waals surface area contributed by atoms with Crippen LogP contribution >= 0.6 is 11.8 Å². The van der Waals surface area contributed by atoms with Crippen molar-refractivity contribution in [2.24, 2.45) is 22.9 Å². The molecular formula is C81H156N10O13S. The zero-order chi connectivity index (χ0) is 77.4. The Morgan fingerprint density at radius 1 is 0.314 bits per heavy atom. The summed E-state index contributed by atoms with van der Waals surface area (Å²) < 4.78 is 11.8. The number of esters is 2. The zero-order valence-corrected chi connectivity index (χ0v) is 67.3. The number of carbonyl (C=O) groups excluding carboxylic acids is 8. The highest BCUT2D eigenvalue weighted by Crippen LogP contribution is 2.20. The van der Waals surface area contributed by atoms with Gasteiger partial charge in [0.1, 0.15) is 49.0 Å². The first-order valence-corrected chi connectivity index (χ1v) is 43.6.